The Balaban J connectivity index is 2.31. The molecule has 1 N–H and O–H groups in total. The lowest BCUT2D eigenvalue weighted by atomic mass is 10.2. The Bertz CT molecular complexity index is 512. The van der Waals surface area contributed by atoms with Crippen LogP contribution in [0, 0.1) is 18.7 Å². The molecular weight excluding hydrogens is 210 g/mol. The number of hydrogen-bond acceptors (Lipinski definition) is 2. The van der Waals surface area contributed by atoms with Crippen LogP contribution in [0.15, 0.2) is 36.5 Å². The summed E-state index contributed by atoms with van der Waals surface area (Å²) in [6, 6.07) is 7.59. The van der Waals surface area contributed by atoms with E-state index in [2.05, 4.69) is 10.3 Å². The molecule has 16 heavy (non-hydrogen) atoms. The molecule has 0 amide bonds. The monoisotopic (exact) mass is 220 g/mol. The van der Waals surface area contributed by atoms with Gasteiger partial charge in [-0.05, 0) is 25.1 Å². The van der Waals surface area contributed by atoms with Gasteiger partial charge in [-0.25, -0.2) is 9.37 Å². The predicted molar refractivity (Wildman–Crippen MR) is 58.6 cm³/mol. The Labute approximate surface area is 92.0 Å². The van der Waals surface area contributed by atoms with Gasteiger partial charge in [0.1, 0.15) is 5.82 Å². The Hall–Kier alpha value is -1.97. The first-order chi connectivity index (χ1) is 7.66. The topological polar surface area (TPSA) is 24.9 Å². The fourth-order valence-electron chi connectivity index (χ4n) is 1.38. The van der Waals surface area contributed by atoms with Gasteiger partial charge in [0.15, 0.2) is 0 Å². The number of hydrogen-bond donors (Lipinski definition) is 1. The number of halogens is 2. The molecule has 0 aliphatic carbocycles. The fraction of sp³-hybridized carbons (Fsp3) is 0.0833. The summed E-state index contributed by atoms with van der Waals surface area (Å²) in [5, 5.41) is 2.93. The molecule has 0 unspecified atom stereocenters. The van der Waals surface area contributed by atoms with Crippen molar-refractivity contribution in [1.82, 2.24) is 4.98 Å². The maximum Gasteiger partial charge on any atom is 0.214 e. The Morgan fingerprint density at radius 2 is 2.00 bits per heavy atom. The molecule has 1 aromatic carbocycles. The minimum Gasteiger partial charge on any atom is -0.355 e. The van der Waals surface area contributed by atoms with Gasteiger partial charge in [-0.3, -0.25) is 0 Å². The molecule has 0 atom stereocenters. The van der Waals surface area contributed by atoms with E-state index in [-0.39, 0.29) is 5.82 Å². The van der Waals surface area contributed by atoms with Crippen molar-refractivity contribution in [2.45, 2.75) is 6.92 Å². The predicted octanol–water partition coefficient (Wildman–Crippen LogP) is 3.41. The minimum atomic E-state index is -0.570. The standard InChI is InChI=1S/C12H10F2N2/c1-8-10(13)3-2-4-11(8)16-9-5-6-15-12(14)7-9/h2-7H,1H3,(H,15,16). The Kier molecular flexibility index (Phi) is 2.81. The van der Waals surface area contributed by atoms with Gasteiger partial charge in [0, 0.05) is 29.2 Å². The van der Waals surface area contributed by atoms with Crippen molar-refractivity contribution >= 4 is 11.4 Å². The van der Waals surface area contributed by atoms with Crippen LogP contribution in [0.5, 0.6) is 0 Å². The van der Waals surface area contributed by atoms with Gasteiger partial charge in [0.25, 0.3) is 0 Å². The molecule has 0 aliphatic heterocycles. The molecule has 4 heteroatoms. The second kappa shape index (κ2) is 4.26. The van der Waals surface area contributed by atoms with E-state index in [4.69, 9.17) is 0 Å². The first-order valence-corrected chi connectivity index (χ1v) is 4.80. The van der Waals surface area contributed by atoms with Crippen LogP contribution >= 0.6 is 0 Å². The summed E-state index contributed by atoms with van der Waals surface area (Å²) < 4.78 is 26.1. The van der Waals surface area contributed by atoms with Gasteiger partial charge in [-0.1, -0.05) is 6.07 Å². The highest BCUT2D eigenvalue weighted by Crippen LogP contribution is 2.22. The molecule has 0 fully saturated rings. The zero-order chi connectivity index (χ0) is 11.5. The van der Waals surface area contributed by atoms with Crippen molar-refractivity contribution in [3.8, 4) is 0 Å². The molecular formula is C12H10F2N2. The first kappa shape index (κ1) is 10.5. The lowest BCUT2D eigenvalue weighted by Crippen LogP contribution is -1.96. The van der Waals surface area contributed by atoms with Gasteiger partial charge >= 0.3 is 0 Å². The zero-order valence-corrected chi connectivity index (χ0v) is 8.67. The second-order valence-electron chi connectivity index (χ2n) is 3.40. The number of rotatable bonds is 2. The Morgan fingerprint density at radius 3 is 2.75 bits per heavy atom. The molecule has 2 aromatic rings. The Morgan fingerprint density at radius 1 is 1.19 bits per heavy atom. The molecule has 1 heterocycles. The highest BCUT2D eigenvalue weighted by molar-refractivity contribution is 5.62. The van der Waals surface area contributed by atoms with E-state index in [1.807, 2.05) is 0 Å². The third-order valence-electron chi connectivity index (χ3n) is 2.27. The van der Waals surface area contributed by atoms with Crippen molar-refractivity contribution in [2.24, 2.45) is 0 Å². The third kappa shape index (κ3) is 2.16. The first-order valence-electron chi connectivity index (χ1n) is 4.80. The highest BCUT2D eigenvalue weighted by Gasteiger charge is 2.03. The van der Waals surface area contributed by atoms with Gasteiger partial charge in [0.2, 0.25) is 5.95 Å². The van der Waals surface area contributed by atoms with Crippen LogP contribution in [0.4, 0.5) is 20.2 Å². The average Bonchev–Trinajstić information content (AvgIpc) is 2.25. The van der Waals surface area contributed by atoms with Crippen LogP contribution in [-0.2, 0) is 0 Å². The summed E-state index contributed by atoms with van der Waals surface area (Å²) in [5.41, 5.74) is 1.66. The molecule has 0 saturated heterocycles. The summed E-state index contributed by atoms with van der Waals surface area (Å²) in [6.07, 6.45) is 1.35. The van der Waals surface area contributed by atoms with Crippen molar-refractivity contribution in [2.75, 3.05) is 5.32 Å². The van der Waals surface area contributed by atoms with Crippen molar-refractivity contribution in [3.63, 3.8) is 0 Å². The largest absolute Gasteiger partial charge is 0.355 e. The third-order valence-corrected chi connectivity index (χ3v) is 2.27. The molecule has 0 bridgehead atoms. The summed E-state index contributed by atoms with van der Waals surface area (Å²) in [5.74, 6) is -0.862. The van der Waals surface area contributed by atoms with E-state index in [0.717, 1.165) is 0 Å². The van der Waals surface area contributed by atoms with Gasteiger partial charge < -0.3 is 5.32 Å². The zero-order valence-electron chi connectivity index (χ0n) is 8.67. The molecule has 0 radical (unpaired) electrons. The van der Waals surface area contributed by atoms with Crippen LogP contribution in [0.1, 0.15) is 5.56 Å². The number of aromatic nitrogens is 1. The van der Waals surface area contributed by atoms with E-state index >= 15 is 0 Å². The lowest BCUT2D eigenvalue weighted by molar-refractivity contribution is 0.584. The van der Waals surface area contributed by atoms with Gasteiger partial charge in [0.05, 0.1) is 0 Å². The number of pyridine rings is 1. The van der Waals surface area contributed by atoms with Gasteiger partial charge in [-0.15, -0.1) is 0 Å². The lowest BCUT2D eigenvalue weighted by Gasteiger charge is -2.09. The van der Waals surface area contributed by atoms with Gasteiger partial charge in [-0.2, -0.15) is 4.39 Å². The van der Waals surface area contributed by atoms with Crippen LogP contribution < -0.4 is 5.32 Å². The number of nitrogens with one attached hydrogen (secondary N) is 1. The summed E-state index contributed by atoms with van der Waals surface area (Å²) in [7, 11) is 0. The average molecular weight is 220 g/mol. The SMILES string of the molecule is Cc1c(F)cccc1Nc1ccnc(F)c1. The maximum atomic E-state index is 13.2. The number of nitrogens with zero attached hydrogens (tertiary/aromatic N) is 1. The number of anilines is 2. The van der Waals surface area contributed by atoms with Crippen LogP contribution in [0.3, 0.4) is 0 Å². The molecule has 0 saturated carbocycles. The molecule has 0 aliphatic rings. The minimum absolute atomic E-state index is 0.292. The smallest absolute Gasteiger partial charge is 0.214 e. The normalized spacial score (nSPS) is 10.2. The quantitative estimate of drug-likeness (QED) is 0.784. The van der Waals surface area contributed by atoms with E-state index in [9.17, 15) is 8.78 Å². The van der Waals surface area contributed by atoms with E-state index in [1.54, 1.807) is 25.1 Å². The van der Waals surface area contributed by atoms with Crippen molar-refractivity contribution in [1.29, 1.82) is 0 Å². The summed E-state index contributed by atoms with van der Waals surface area (Å²) in [4.78, 5) is 3.44. The van der Waals surface area contributed by atoms with Crippen LogP contribution in [-0.4, -0.2) is 4.98 Å². The molecule has 1 aromatic heterocycles. The molecule has 0 spiro atoms. The summed E-state index contributed by atoms with van der Waals surface area (Å²) >= 11 is 0. The van der Waals surface area contributed by atoms with E-state index in [1.165, 1.54) is 18.3 Å². The fourth-order valence-corrected chi connectivity index (χ4v) is 1.38. The van der Waals surface area contributed by atoms with Crippen molar-refractivity contribution < 1.29 is 8.78 Å². The molecule has 2 rings (SSSR count). The summed E-state index contributed by atoms with van der Waals surface area (Å²) in [6.45, 7) is 1.66. The van der Waals surface area contributed by atoms with Crippen LogP contribution in [0.2, 0.25) is 0 Å². The second-order valence-corrected chi connectivity index (χ2v) is 3.40. The highest BCUT2D eigenvalue weighted by atomic mass is 19.1. The van der Waals surface area contributed by atoms with E-state index in [0.29, 0.717) is 16.9 Å². The molecule has 2 nitrogen and oxygen atoms in total. The number of benzene rings is 1. The maximum absolute atomic E-state index is 13.2. The van der Waals surface area contributed by atoms with Crippen molar-refractivity contribution in [3.05, 3.63) is 53.9 Å². The van der Waals surface area contributed by atoms with E-state index < -0.39 is 5.95 Å². The molecule has 82 valence electrons. The van der Waals surface area contributed by atoms with Crippen LogP contribution in [0.25, 0.3) is 0 Å².